The van der Waals surface area contributed by atoms with Crippen molar-refractivity contribution in [1.82, 2.24) is 0 Å². The smallest absolute Gasteiger partial charge is 0.0826 e. The summed E-state index contributed by atoms with van der Waals surface area (Å²) in [7, 11) is 0. The molecule has 0 heterocycles. The molecule has 120 valence electrons. The van der Waals surface area contributed by atoms with Crippen molar-refractivity contribution in [2.24, 2.45) is 34.5 Å². The maximum atomic E-state index is 11.2. The van der Waals surface area contributed by atoms with Crippen LogP contribution in [-0.4, -0.2) is 5.11 Å². The average Bonchev–Trinajstić information content (AvgIpc) is 2.99. The Bertz CT molecular complexity index is 548. The van der Waals surface area contributed by atoms with Gasteiger partial charge in [0.1, 0.15) is 0 Å². The first-order chi connectivity index (χ1) is 10.5. The first kappa shape index (κ1) is 14.8. The summed E-state index contributed by atoms with van der Waals surface area (Å²) in [6.45, 7) is 7.49. The van der Waals surface area contributed by atoms with Gasteiger partial charge in [-0.05, 0) is 65.7 Å². The van der Waals surface area contributed by atoms with E-state index < -0.39 is 0 Å². The Kier molecular flexibility index (Phi) is 3.24. The van der Waals surface area contributed by atoms with Crippen LogP contribution in [0.15, 0.2) is 30.3 Å². The van der Waals surface area contributed by atoms with Crippen LogP contribution in [0.1, 0.15) is 64.5 Å². The molecule has 3 fully saturated rings. The SMILES string of the molecule is CC1(C)CCCC2(C)C3CC[C@H](C31)[C@H]2[C@H](O)c1ccccc1. The van der Waals surface area contributed by atoms with E-state index in [0.29, 0.717) is 16.7 Å². The topological polar surface area (TPSA) is 20.2 Å². The number of aliphatic hydroxyl groups is 1. The van der Waals surface area contributed by atoms with Crippen LogP contribution in [-0.2, 0) is 0 Å². The minimum Gasteiger partial charge on any atom is -0.388 e. The van der Waals surface area contributed by atoms with Gasteiger partial charge in [0.15, 0.2) is 0 Å². The van der Waals surface area contributed by atoms with Crippen LogP contribution >= 0.6 is 0 Å². The fourth-order valence-electron chi connectivity index (χ4n) is 6.93. The molecule has 1 aromatic rings. The van der Waals surface area contributed by atoms with Crippen LogP contribution in [0.4, 0.5) is 0 Å². The highest BCUT2D eigenvalue weighted by atomic mass is 16.3. The van der Waals surface area contributed by atoms with Crippen molar-refractivity contribution in [2.75, 3.05) is 0 Å². The molecule has 3 aliphatic rings. The lowest BCUT2D eigenvalue weighted by Crippen LogP contribution is -2.37. The number of rotatable bonds is 2. The lowest BCUT2D eigenvalue weighted by atomic mass is 9.62. The Hall–Kier alpha value is -0.820. The lowest BCUT2D eigenvalue weighted by Gasteiger charge is -2.44. The summed E-state index contributed by atoms with van der Waals surface area (Å²) in [6, 6.07) is 10.4. The largest absolute Gasteiger partial charge is 0.388 e. The number of benzene rings is 1. The summed E-state index contributed by atoms with van der Waals surface area (Å²) >= 11 is 0. The number of hydrogen-bond acceptors (Lipinski definition) is 1. The van der Waals surface area contributed by atoms with Gasteiger partial charge in [0.05, 0.1) is 6.10 Å². The van der Waals surface area contributed by atoms with Gasteiger partial charge < -0.3 is 5.11 Å². The average molecular weight is 298 g/mol. The van der Waals surface area contributed by atoms with Crippen LogP contribution in [0.25, 0.3) is 0 Å². The molecule has 22 heavy (non-hydrogen) atoms. The Morgan fingerprint density at radius 2 is 1.77 bits per heavy atom. The molecule has 3 aliphatic carbocycles. The van der Waals surface area contributed by atoms with E-state index in [1.807, 2.05) is 6.07 Å². The van der Waals surface area contributed by atoms with Crippen molar-refractivity contribution in [1.29, 1.82) is 0 Å². The third-order valence-corrected chi connectivity index (χ3v) is 7.70. The maximum absolute atomic E-state index is 11.2. The van der Waals surface area contributed by atoms with Crippen molar-refractivity contribution in [3.05, 3.63) is 35.9 Å². The fraction of sp³-hybridized carbons (Fsp3) is 0.714. The van der Waals surface area contributed by atoms with Crippen molar-refractivity contribution in [3.63, 3.8) is 0 Å². The first-order valence-electron chi connectivity index (χ1n) is 9.18. The van der Waals surface area contributed by atoms with Gasteiger partial charge in [0, 0.05) is 0 Å². The predicted octanol–water partition coefficient (Wildman–Crippen LogP) is 5.21. The summed E-state index contributed by atoms with van der Waals surface area (Å²) in [5.74, 6) is 2.83. The van der Waals surface area contributed by atoms with E-state index in [4.69, 9.17) is 0 Å². The van der Waals surface area contributed by atoms with Gasteiger partial charge in [-0.15, -0.1) is 0 Å². The molecule has 0 aromatic heterocycles. The monoisotopic (exact) mass is 298 g/mol. The minimum atomic E-state index is -0.280. The third kappa shape index (κ3) is 1.87. The molecule has 3 unspecified atom stereocenters. The van der Waals surface area contributed by atoms with E-state index in [9.17, 15) is 5.11 Å². The van der Waals surface area contributed by atoms with E-state index in [2.05, 4.69) is 45.0 Å². The lowest BCUT2D eigenvalue weighted by molar-refractivity contribution is -0.0229. The molecule has 1 heteroatoms. The van der Waals surface area contributed by atoms with Crippen molar-refractivity contribution >= 4 is 0 Å². The Morgan fingerprint density at radius 1 is 1.05 bits per heavy atom. The van der Waals surface area contributed by atoms with Crippen LogP contribution < -0.4 is 0 Å². The van der Waals surface area contributed by atoms with E-state index in [1.54, 1.807) is 0 Å². The molecule has 4 rings (SSSR count). The van der Waals surface area contributed by atoms with Gasteiger partial charge in [-0.25, -0.2) is 0 Å². The van der Waals surface area contributed by atoms with E-state index in [-0.39, 0.29) is 6.10 Å². The highest BCUT2D eigenvalue weighted by molar-refractivity contribution is 5.23. The fourth-order valence-corrected chi connectivity index (χ4v) is 6.93. The standard InChI is InChI=1S/C21H30O/c1-20(2)12-7-13-21(3)16-11-10-15(17(16)20)18(21)19(22)14-8-5-4-6-9-14/h4-6,8-9,15-19,22H,7,10-13H2,1-3H3/t15-,16?,17?,18+,19-,21?/m1/s1. The molecule has 4 bridgehead atoms. The Balaban J connectivity index is 1.75. The summed E-state index contributed by atoms with van der Waals surface area (Å²) in [5.41, 5.74) is 1.93. The molecule has 1 N–H and O–H groups in total. The highest BCUT2D eigenvalue weighted by Crippen LogP contribution is 2.72. The summed E-state index contributed by atoms with van der Waals surface area (Å²) in [6.07, 6.45) is 6.46. The molecule has 1 nitrogen and oxygen atoms in total. The van der Waals surface area contributed by atoms with Gasteiger partial charge in [-0.3, -0.25) is 0 Å². The van der Waals surface area contributed by atoms with Gasteiger partial charge in [-0.1, -0.05) is 57.5 Å². The summed E-state index contributed by atoms with van der Waals surface area (Å²) in [4.78, 5) is 0. The second kappa shape index (κ2) is 4.84. The van der Waals surface area contributed by atoms with Crippen molar-refractivity contribution < 1.29 is 5.11 Å². The molecular weight excluding hydrogens is 268 g/mol. The first-order valence-corrected chi connectivity index (χ1v) is 9.18. The quantitative estimate of drug-likeness (QED) is 0.794. The minimum absolute atomic E-state index is 0.280. The van der Waals surface area contributed by atoms with Crippen LogP contribution in [0.3, 0.4) is 0 Å². The van der Waals surface area contributed by atoms with Crippen LogP contribution in [0.2, 0.25) is 0 Å². The van der Waals surface area contributed by atoms with Gasteiger partial charge in [0.25, 0.3) is 0 Å². The zero-order chi connectivity index (χ0) is 15.5. The summed E-state index contributed by atoms with van der Waals surface area (Å²) < 4.78 is 0. The maximum Gasteiger partial charge on any atom is 0.0826 e. The Labute approximate surface area is 135 Å². The Morgan fingerprint density at radius 3 is 2.50 bits per heavy atom. The molecule has 0 radical (unpaired) electrons. The zero-order valence-electron chi connectivity index (χ0n) is 14.3. The molecule has 0 saturated heterocycles. The van der Waals surface area contributed by atoms with E-state index >= 15 is 0 Å². The van der Waals surface area contributed by atoms with E-state index in [0.717, 1.165) is 23.3 Å². The highest BCUT2D eigenvalue weighted by Gasteiger charge is 2.66. The molecule has 3 saturated carbocycles. The number of hydrogen-bond donors (Lipinski definition) is 1. The molecular formula is C21H30O. The molecule has 0 spiro atoms. The second-order valence-corrected chi connectivity index (χ2v) is 9.10. The van der Waals surface area contributed by atoms with Gasteiger partial charge in [0.2, 0.25) is 0 Å². The number of aliphatic hydroxyl groups excluding tert-OH is 1. The molecule has 1 aromatic carbocycles. The second-order valence-electron chi connectivity index (χ2n) is 9.10. The van der Waals surface area contributed by atoms with Crippen molar-refractivity contribution in [3.8, 4) is 0 Å². The van der Waals surface area contributed by atoms with Gasteiger partial charge in [-0.2, -0.15) is 0 Å². The molecule has 0 aliphatic heterocycles. The predicted molar refractivity (Wildman–Crippen MR) is 90.3 cm³/mol. The van der Waals surface area contributed by atoms with Gasteiger partial charge >= 0.3 is 0 Å². The van der Waals surface area contributed by atoms with Crippen LogP contribution in [0.5, 0.6) is 0 Å². The van der Waals surface area contributed by atoms with E-state index in [1.165, 1.54) is 32.1 Å². The molecule has 6 atom stereocenters. The zero-order valence-corrected chi connectivity index (χ0v) is 14.3. The summed E-state index contributed by atoms with van der Waals surface area (Å²) in [5, 5.41) is 11.2. The molecule has 0 amide bonds. The normalized spacial score (nSPS) is 43.8. The van der Waals surface area contributed by atoms with Crippen molar-refractivity contribution in [2.45, 2.75) is 59.0 Å². The third-order valence-electron chi connectivity index (χ3n) is 7.70. The van der Waals surface area contributed by atoms with Crippen LogP contribution in [0, 0.1) is 34.5 Å².